The van der Waals surface area contributed by atoms with E-state index in [9.17, 15) is 0 Å². The molecule has 1 aromatic heterocycles. The fraction of sp³-hybridized carbons (Fsp3) is 0.263. The SMILES string of the molecule is CCc1nc2cc3c(cc2n1Cc1ccc(C#N)cc1)OCCO3. The van der Waals surface area contributed by atoms with Gasteiger partial charge in [0.1, 0.15) is 19.0 Å². The van der Waals surface area contributed by atoms with Crippen LogP contribution in [0.5, 0.6) is 11.5 Å². The summed E-state index contributed by atoms with van der Waals surface area (Å²) in [5.74, 6) is 2.56. The first-order valence-corrected chi connectivity index (χ1v) is 8.06. The van der Waals surface area contributed by atoms with Gasteiger partial charge in [-0.25, -0.2) is 4.98 Å². The molecule has 0 fully saturated rings. The van der Waals surface area contributed by atoms with E-state index in [1.165, 1.54) is 0 Å². The number of ether oxygens (including phenoxy) is 2. The number of aromatic nitrogens is 2. The van der Waals surface area contributed by atoms with Crippen LogP contribution in [0.3, 0.4) is 0 Å². The van der Waals surface area contributed by atoms with Crippen LogP contribution in [0.15, 0.2) is 36.4 Å². The number of hydrogen-bond acceptors (Lipinski definition) is 4. The molecule has 0 unspecified atom stereocenters. The summed E-state index contributed by atoms with van der Waals surface area (Å²) in [4.78, 5) is 4.74. The molecule has 1 aliphatic heterocycles. The maximum atomic E-state index is 8.93. The van der Waals surface area contributed by atoms with Crippen molar-refractivity contribution in [2.75, 3.05) is 13.2 Å². The molecule has 0 saturated heterocycles. The fourth-order valence-corrected chi connectivity index (χ4v) is 3.03. The number of hydrogen-bond donors (Lipinski definition) is 0. The van der Waals surface area contributed by atoms with Gasteiger partial charge in [-0.05, 0) is 17.7 Å². The second kappa shape index (κ2) is 5.89. The quantitative estimate of drug-likeness (QED) is 0.743. The minimum Gasteiger partial charge on any atom is -0.486 e. The van der Waals surface area contributed by atoms with Crippen molar-refractivity contribution < 1.29 is 9.47 Å². The van der Waals surface area contributed by atoms with Crippen molar-refractivity contribution in [3.8, 4) is 17.6 Å². The summed E-state index contributed by atoms with van der Waals surface area (Å²) in [5.41, 5.74) is 3.77. The summed E-state index contributed by atoms with van der Waals surface area (Å²) in [7, 11) is 0. The first kappa shape index (κ1) is 14.6. The molecule has 0 atom stereocenters. The molecule has 4 rings (SSSR count). The van der Waals surface area contributed by atoms with Crippen LogP contribution in [0.2, 0.25) is 0 Å². The van der Waals surface area contributed by atoms with Crippen LogP contribution >= 0.6 is 0 Å². The minimum absolute atomic E-state index is 0.572. The topological polar surface area (TPSA) is 60.1 Å². The summed E-state index contributed by atoms with van der Waals surface area (Å²) in [6.07, 6.45) is 0.845. The Balaban J connectivity index is 1.79. The molecule has 2 heterocycles. The molecule has 5 heteroatoms. The largest absolute Gasteiger partial charge is 0.486 e. The van der Waals surface area contributed by atoms with Gasteiger partial charge in [-0.15, -0.1) is 0 Å². The highest BCUT2D eigenvalue weighted by Crippen LogP contribution is 2.35. The Kier molecular flexibility index (Phi) is 3.58. The molecule has 120 valence electrons. The maximum absolute atomic E-state index is 8.93. The summed E-state index contributed by atoms with van der Waals surface area (Å²) in [5, 5.41) is 8.93. The number of benzene rings is 2. The third-order valence-electron chi connectivity index (χ3n) is 4.23. The van der Waals surface area contributed by atoms with E-state index in [0.29, 0.717) is 25.3 Å². The van der Waals surface area contributed by atoms with Crippen LogP contribution in [-0.2, 0) is 13.0 Å². The second-order valence-electron chi connectivity index (χ2n) is 5.76. The monoisotopic (exact) mass is 319 g/mol. The van der Waals surface area contributed by atoms with Crippen LogP contribution in [0.4, 0.5) is 0 Å². The van der Waals surface area contributed by atoms with Gasteiger partial charge in [0.15, 0.2) is 11.5 Å². The van der Waals surface area contributed by atoms with Crippen LogP contribution in [0.1, 0.15) is 23.9 Å². The number of nitriles is 1. The summed E-state index contributed by atoms with van der Waals surface area (Å²) < 4.78 is 13.6. The Morgan fingerprint density at radius 3 is 2.50 bits per heavy atom. The van der Waals surface area contributed by atoms with Crippen LogP contribution in [-0.4, -0.2) is 22.8 Å². The van der Waals surface area contributed by atoms with Crippen LogP contribution in [0.25, 0.3) is 11.0 Å². The molecule has 0 aliphatic carbocycles. The average Bonchev–Trinajstić information content (AvgIpc) is 2.97. The third-order valence-corrected chi connectivity index (χ3v) is 4.23. The van der Waals surface area contributed by atoms with Gasteiger partial charge in [0.25, 0.3) is 0 Å². The van der Waals surface area contributed by atoms with E-state index in [0.717, 1.165) is 40.3 Å². The first-order valence-electron chi connectivity index (χ1n) is 8.06. The zero-order valence-corrected chi connectivity index (χ0v) is 13.5. The van der Waals surface area contributed by atoms with Crippen LogP contribution in [0, 0.1) is 11.3 Å². The van der Waals surface area contributed by atoms with Crippen molar-refractivity contribution in [3.63, 3.8) is 0 Å². The number of imidazole rings is 1. The molecule has 0 N–H and O–H groups in total. The molecule has 0 radical (unpaired) electrons. The average molecular weight is 319 g/mol. The van der Waals surface area contributed by atoms with Gasteiger partial charge in [-0.3, -0.25) is 0 Å². The van der Waals surface area contributed by atoms with E-state index in [1.807, 2.05) is 36.4 Å². The van der Waals surface area contributed by atoms with Crippen molar-refractivity contribution >= 4 is 11.0 Å². The van der Waals surface area contributed by atoms with Gasteiger partial charge >= 0.3 is 0 Å². The lowest BCUT2D eigenvalue weighted by Crippen LogP contribution is -2.15. The molecular formula is C19H17N3O2. The van der Waals surface area contributed by atoms with E-state index in [4.69, 9.17) is 19.7 Å². The third kappa shape index (κ3) is 2.46. The number of rotatable bonds is 3. The van der Waals surface area contributed by atoms with E-state index in [2.05, 4.69) is 17.6 Å². The highest BCUT2D eigenvalue weighted by Gasteiger charge is 2.17. The molecule has 24 heavy (non-hydrogen) atoms. The van der Waals surface area contributed by atoms with E-state index in [-0.39, 0.29) is 0 Å². The van der Waals surface area contributed by atoms with Crippen molar-refractivity contribution in [3.05, 3.63) is 53.3 Å². The minimum atomic E-state index is 0.572. The highest BCUT2D eigenvalue weighted by atomic mass is 16.6. The Morgan fingerprint density at radius 1 is 1.12 bits per heavy atom. The molecule has 0 amide bonds. The molecule has 3 aromatic rings. The Morgan fingerprint density at radius 2 is 1.83 bits per heavy atom. The molecule has 0 saturated carbocycles. The summed E-state index contributed by atoms with van der Waals surface area (Å²) in [6, 6.07) is 13.8. The lowest BCUT2D eigenvalue weighted by Gasteiger charge is -2.18. The lowest BCUT2D eigenvalue weighted by molar-refractivity contribution is 0.172. The molecular weight excluding hydrogens is 302 g/mol. The fourth-order valence-electron chi connectivity index (χ4n) is 3.03. The standard InChI is InChI=1S/C19H17N3O2/c1-2-19-21-15-9-17-18(24-8-7-23-17)10-16(15)22(19)12-14-5-3-13(11-20)4-6-14/h3-6,9-10H,2,7-8,12H2,1H3. The van der Waals surface area contributed by atoms with Crippen molar-refractivity contribution in [1.82, 2.24) is 9.55 Å². The first-order chi connectivity index (χ1) is 11.8. The van der Waals surface area contributed by atoms with Crippen LogP contribution < -0.4 is 9.47 Å². The van der Waals surface area contributed by atoms with Gasteiger partial charge in [0.05, 0.1) is 22.7 Å². The molecule has 0 spiro atoms. The van der Waals surface area contributed by atoms with E-state index < -0.39 is 0 Å². The van der Waals surface area contributed by atoms with E-state index in [1.54, 1.807) is 0 Å². The van der Waals surface area contributed by atoms with Crippen molar-refractivity contribution in [2.45, 2.75) is 19.9 Å². The highest BCUT2D eigenvalue weighted by molar-refractivity contribution is 5.81. The smallest absolute Gasteiger partial charge is 0.163 e. The molecule has 2 aromatic carbocycles. The molecule has 0 bridgehead atoms. The summed E-state index contributed by atoms with van der Waals surface area (Å²) >= 11 is 0. The van der Waals surface area contributed by atoms with Gasteiger partial charge in [-0.1, -0.05) is 19.1 Å². The Bertz CT molecular complexity index is 936. The normalized spacial score (nSPS) is 13.0. The lowest BCUT2D eigenvalue weighted by atomic mass is 10.1. The number of aryl methyl sites for hydroxylation is 1. The Labute approximate surface area is 140 Å². The van der Waals surface area contributed by atoms with Gasteiger partial charge in [-0.2, -0.15) is 5.26 Å². The molecule has 1 aliphatic rings. The van der Waals surface area contributed by atoms with Crippen molar-refractivity contribution in [2.24, 2.45) is 0 Å². The summed E-state index contributed by atoms with van der Waals surface area (Å²) in [6.45, 7) is 3.96. The predicted octanol–water partition coefficient (Wildman–Crippen LogP) is 3.29. The van der Waals surface area contributed by atoms with Gasteiger partial charge in [0, 0.05) is 25.1 Å². The van der Waals surface area contributed by atoms with Gasteiger partial charge < -0.3 is 14.0 Å². The van der Waals surface area contributed by atoms with E-state index >= 15 is 0 Å². The zero-order valence-electron chi connectivity index (χ0n) is 13.5. The maximum Gasteiger partial charge on any atom is 0.163 e. The zero-order chi connectivity index (χ0) is 16.5. The number of nitrogens with zero attached hydrogens (tertiary/aromatic N) is 3. The van der Waals surface area contributed by atoms with Crippen molar-refractivity contribution in [1.29, 1.82) is 5.26 Å². The number of fused-ring (bicyclic) bond motifs is 2. The Hall–Kier alpha value is -3.00. The predicted molar refractivity (Wildman–Crippen MR) is 90.4 cm³/mol. The second-order valence-corrected chi connectivity index (χ2v) is 5.76. The van der Waals surface area contributed by atoms with Gasteiger partial charge in [0.2, 0.25) is 0 Å². The molecule has 5 nitrogen and oxygen atoms in total.